The van der Waals surface area contributed by atoms with Crippen molar-refractivity contribution in [3.8, 4) is 0 Å². The molecule has 0 saturated carbocycles. The van der Waals surface area contributed by atoms with E-state index in [1.807, 2.05) is 0 Å². The Bertz CT molecular complexity index is 494. The molecule has 18 heavy (non-hydrogen) atoms. The van der Waals surface area contributed by atoms with Crippen molar-refractivity contribution in [2.24, 2.45) is 0 Å². The lowest BCUT2D eigenvalue weighted by Crippen LogP contribution is -2.31. The van der Waals surface area contributed by atoms with Crippen molar-refractivity contribution in [1.82, 2.24) is 4.98 Å². The Labute approximate surface area is 109 Å². The molecule has 3 rings (SSSR count). The fourth-order valence-electron chi connectivity index (χ4n) is 2.65. The van der Waals surface area contributed by atoms with Crippen LogP contribution in [0.15, 0.2) is 12.1 Å². The summed E-state index contributed by atoms with van der Waals surface area (Å²) in [4.78, 5) is 15.0. The van der Waals surface area contributed by atoms with Crippen LogP contribution in [0.3, 0.4) is 0 Å². The highest BCUT2D eigenvalue weighted by Crippen LogP contribution is 2.35. The third kappa shape index (κ3) is 2.04. The molecule has 2 fully saturated rings. The number of hydrogen-bond acceptors (Lipinski definition) is 4. The minimum atomic E-state index is -1.12. The van der Waals surface area contributed by atoms with Crippen LogP contribution in [0.1, 0.15) is 29.8 Å². The quantitative estimate of drug-likeness (QED) is 0.879. The van der Waals surface area contributed by atoms with Crippen LogP contribution in [0.5, 0.6) is 0 Å². The van der Waals surface area contributed by atoms with Crippen LogP contribution in [-0.4, -0.2) is 34.3 Å². The molecular formula is C12H13ClN2O3. The summed E-state index contributed by atoms with van der Waals surface area (Å²) in [5.74, 6) is -0.578. The van der Waals surface area contributed by atoms with Gasteiger partial charge in [-0.15, -0.1) is 0 Å². The second kappa shape index (κ2) is 4.40. The molecular weight excluding hydrogens is 256 g/mol. The lowest BCUT2D eigenvalue weighted by Gasteiger charge is -2.20. The van der Waals surface area contributed by atoms with Crippen molar-refractivity contribution in [2.75, 3.05) is 5.32 Å². The van der Waals surface area contributed by atoms with Gasteiger partial charge in [0.1, 0.15) is 5.82 Å². The van der Waals surface area contributed by atoms with Crippen molar-refractivity contribution in [2.45, 2.75) is 37.5 Å². The SMILES string of the molecule is O=C(O)c1nc(NC2CC3CCC2O3)ccc1Cl. The Morgan fingerprint density at radius 2 is 2.33 bits per heavy atom. The molecule has 3 unspecified atom stereocenters. The summed E-state index contributed by atoms with van der Waals surface area (Å²) in [5.41, 5.74) is -0.120. The summed E-state index contributed by atoms with van der Waals surface area (Å²) in [6.45, 7) is 0. The van der Waals surface area contributed by atoms with E-state index in [4.69, 9.17) is 21.4 Å². The fourth-order valence-corrected chi connectivity index (χ4v) is 2.84. The first-order chi connectivity index (χ1) is 8.63. The summed E-state index contributed by atoms with van der Waals surface area (Å²) in [6.07, 6.45) is 3.70. The normalized spacial score (nSPS) is 29.5. The topological polar surface area (TPSA) is 71.5 Å². The summed E-state index contributed by atoms with van der Waals surface area (Å²) in [7, 11) is 0. The monoisotopic (exact) mass is 268 g/mol. The number of carboxylic acids is 1. The second-order valence-corrected chi connectivity index (χ2v) is 5.10. The number of ether oxygens (including phenoxy) is 1. The number of aromatic carboxylic acids is 1. The Kier molecular flexibility index (Phi) is 2.87. The van der Waals surface area contributed by atoms with Gasteiger partial charge in [-0.3, -0.25) is 0 Å². The van der Waals surface area contributed by atoms with Crippen molar-refractivity contribution in [1.29, 1.82) is 0 Å². The molecule has 0 spiro atoms. The van der Waals surface area contributed by atoms with Gasteiger partial charge in [-0.2, -0.15) is 0 Å². The van der Waals surface area contributed by atoms with E-state index < -0.39 is 5.97 Å². The van der Waals surface area contributed by atoms with Gasteiger partial charge in [0, 0.05) is 0 Å². The number of carboxylic acid groups (broad SMARTS) is 1. The molecule has 96 valence electrons. The van der Waals surface area contributed by atoms with E-state index in [1.165, 1.54) is 0 Å². The standard InChI is InChI=1S/C12H13ClN2O3/c13-7-2-4-10(15-11(7)12(16)17)14-8-5-6-1-3-9(8)18-6/h2,4,6,8-9H,1,3,5H2,(H,14,15)(H,16,17). The zero-order chi connectivity index (χ0) is 12.7. The number of hydrogen-bond donors (Lipinski definition) is 2. The molecule has 0 amide bonds. The van der Waals surface area contributed by atoms with Crippen molar-refractivity contribution >= 4 is 23.4 Å². The van der Waals surface area contributed by atoms with E-state index in [9.17, 15) is 4.79 Å². The van der Waals surface area contributed by atoms with E-state index in [0.717, 1.165) is 19.3 Å². The first kappa shape index (κ1) is 11.7. The largest absolute Gasteiger partial charge is 0.476 e. The van der Waals surface area contributed by atoms with E-state index in [0.29, 0.717) is 11.9 Å². The molecule has 3 heterocycles. The third-order valence-electron chi connectivity index (χ3n) is 3.49. The van der Waals surface area contributed by atoms with Crippen LogP contribution in [0, 0.1) is 0 Å². The number of halogens is 1. The number of pyridine rings is 1. The van der Waals surface area contributed by atoms with Crippen LogP contribution >= 0.6 is 11.6 Å². The summed E-state index contributed by atoms with van der Waals surface area (Å²) >= 11 is 5.78. The third-order valence-corrected chi connectivity index (χ3v) is 3.79. The van der Waals surface area contributed by atoms with E-state index in [2.05, 4.69) is 10.3 Å². The molecule has 1 aromatic rings. The fraction of sp³-hybridized carbons (Fsp3) is 0.500. The number of anilines is 1. The Morgan fingerprint density at radius 1 is 1.50 bits per heavy atom. The molecule has 1 aromatic heterocycles. The average Bonchev–Trinajstić information content (AvgIpc) is 2.93. The number of nitrogens with zero attached hydrogens (tertiary/aromatic N) is 1. The van der Waals surface area contributed by atoms with Crippen molar-refractivity contribution in [3.63, 3.8) is 0 Å². The number of fused-ring (bicyclic) bond motifs is 2. The molecule has 2 saturated heterocycles. The van der Waals surface area contributed by atoms with Gasteiger partial charge < -0.3 is 15.2 Å². The number of rotatable bonds is 3. The lowest BCUT2D eigenvalue weighted by molar-refractivity contribution is 0.0691. The minimum absolute atomic E-state index is 0.120. The van der Waals surface area contributed by atoms with Crippen LogP contribution in [0.4, 0.5) is 5.82 Å². The summed E-state index contributed by atoms with van der Waals surface area (Å²) in [6, 6.07) is 3.47. The Balaban J connectivity index is 1.77. The molecule has 2 bridgehead atoms. The van der Waals surface area contributed by atoms with E-state index >= 15 is 0 Å². The van der Waals surface area contributed by atoms with Gasteiger partial charge in [-0.05, 0) is 31.4 Å². The first-order valence-corrected chi connectivity index (χ1v) is 6.33. The second-order valence-electron chi connectivity index (χ2n) is 4.69. The molecule has 3 atom stereocenters. The lowest BCUT2D eigenvalue weighted by atomic mass is 9.95. The molecule has 6 heteroatoms. The molecule has 5 nitrogen and oxygen atoms in total. The predicted octanol–water partition coefficient (Wildman–Crippen LogP) is 2.17. The van der Waals surface area contributed by atoms with Crippen LogP contribution in [-0.2, 0) is 4.74 Å². The smallest absolute Gasteiger partial charge is 0.356 e. The predicted molar refractivity (Wildman–Crippen MR) is 66.1 cm³/mol. The van der Waals surface area contributed by atoms with E-state index in [1.54, 1.807) is 12.1 Å². The molecule has 0 radical (unpaired) electrons. The van der Waals surface area contributed by atoms with Crippen molar-refractivity contribution < 1.29 is 14.6 Å². The molecule has 0 aromatic carbocycles. The Morgan fingerprint density at radius 3 is 2.94 bits per heavy atom. The van der Waals surface area contributed by atoms with E-state index in [-0.39, 0.29) is 22.9 Å². The number of nitrogens with one attached hydrogen (secondary N) is 1. The van der Waals surface area contributed by atoms with Gasteiger partial charge >= 0.3 is 5.97 Å². The molecule has 0 aliphatic carbocycles. The highest BCUT2D eigenvalue weighted by molar-refractivity contribution is 6.33. The van der Waals surface area contributed by atoms with Gasteiger partial charge in [0.15, 0.2) is 5.69 Å². The van der Waals surface area contributed by atoms with Gasteiger partial charge in [-0.1, -0.05) is 11.6 Å². The highest BCUT2D eigenvalue weighted by atomic mass is 35.5. The van der Waals surface area contributed by atoms with Gasteiger partial charge in [0.25, 0.3) is 0 Å². The van der Waals surface area contributed by atoms with Gasteiger partial charge in [0.05, 0.1) is 23.3 Å². The Hall–Kier alpha value is -1.33. The van der Waals surface area contributed by atoms with Crippen LogP contribution < -0.4 is 5.32 Å². The summed E-state index contributed by atoms with van der Waals surface area (Å²) in [5, 5.41) is 12.3. The van der Waals surface area contributed by atoms with Gasteiger partial charge in [0.2, 0.25) is 0 Å². The highest BCUT2D eigenvalue weighted by Gasteiger charge is 2.40. The molecule has 2 aliphatic rings. The number of aromatic nitrogens is 1. The molecule has 2 aliphatic heterocycles. The van der Waals surface area contributed by atoms with Crippen LogP contribution in [0.2, 0.25) is 5.02 Å². The zero-order valence-electron chi connectivity index (χ0n) is 9.60. The number of carbonyl (C=O) groups is 1. The summed E-state index contributed by atoms with van der Waals surface area (Å²) < 4.78 is 5.73. The maximum Gasteiger partial charge on any atom is 0.356 e. The van der Waals surface area contributed by atoms with Crippen molar-refractivity contribution in [3.05, 3.63) is 22.8 Å². The first-order valence-electron chi connectivity index (χ1n) is 5.95. The maximum absolute atomic E-state index is 10.9. The van der Waals surface area contributed by atoms with Crippen LogP contribution in [0.25, 0.3) is 0 Å². The minimum Gasteiger partial charge on any atom is -0.476 e. The average molecular weight is 269 g/mol. The molecule has 2 N–H and O–H groups in total. The maximum atomic E-state index is 10.9. The van der Waals surface area contributed by atoms with Gasteiger partial charge in [-0.25, -0.2) is 9.78 Å². The zero-order valence-corrected chi connectivity index (χ0v) is 10.4.